The summed E-state index contributed by atoms with van der Waals surface area (Å²) in [5.74, 6) is 0.846. The molecule has 6 nitrogen and oxygen atoms in total. The van der Waals surface area contributed by atoms with Gasteiger partial charge in [0.05, 0.1) is 4.90 Å². The van der Waals surface area contributed by atoms with E-state index in [1.165, 1.54) is 0 Å². The van der Waals surface area contributed by atoms with Gasteiger partial charge in [0.2, 0.25) is 15.9 Å². The first-order valence-corrected chi connectivity index (χ1v) is 11.7. The lowest BCUT2D eigenvalue weighted by molar-refractivity contribution is -0.117. The van der Waals surface area contributed by atoms with Crippen LogP contribution in [0, 0.1) is 6.92 Å². The van der Waals surface area contributed by atoms with Crippen molar-refractivity contribution in [3.8, 4) is 5.75 Å². The van der Waals surface area contributed by atoms with Crippen molar-refractivity contribution in [1.29, 1.82) is 0 Å². The summed E-state index contributed by atoms with van der Waals surface area (Å²) in [5, 5.41) is 0. The smallest absolute Gasteiger partial charge is 0.240 e. The SMILES string of the molecule is Cc1cc(S(=O)(=O)NCCOc2ccccc2C(C)(C)C)ccc1N1CCCC1=O. The van der Waals surface area contributed by atoms with Gasteiger partial charge in [-0.05, 0) is 54.2 Å². The van der Waals surface area contributed by atoms with E-state index < -0.39 is 10.0 Å². The fraction of sp³-hybridized carbons (Fsp3) is 0.435. The van der Waals surface area contributed by atoms with Gasteiger partial charge in [-0.15, -0.1) is 0 Å². The summed E-state index contributed by atoms with van der Waals surface area (Å²) < 4.78 is 33.8. The molecule has 1 aliphatic rings. The number of amides is 1. The predicted octanol–water partition coefficient (Wildman–Crippen LogP) is 3.78. The molecule has 1 N–H and O–H groups in total. The third-order valence-corrected chi connectivity index (χ3v) is 6.65. The van der Waals surface area contributed by atoms with E-state index in [-0.39, 0.29) is 29.4 Å². The first-order valence-electron chi connectivity index (χ1n) is 10.2. The molecule has 0 saturated carbocycles. The number of rotatable bonds is 7. The number of nitrogens with zero attached hydrogens (tertiary/aromatic N) is 1. The highest BCUT2D eigenvalue weighted by molar-refractivity contribution is 7.89. The second kappa shape index (κ2) is 8.78. The minimum atomic E-state index is -3.66. The van der Waals surface area contributed by atoms with Crippen LogP contribution in [0.5, 0.6) is 5.75 Å². The summed E-state index contributed by atoms with van der Waals surface area (Å²) in [7, 11) is -3.66. The zero-order chi connectivity index (χ0) is 21.9. The van der Waals surface area contributed by atoms with Crippen LogP contribution < -0.4 is 14.4 Å². The van der Waals surface area contributed by atoms with Gasteiger partial charge in [-0.25, -0.2) is 13.1 Å². The maximum atomic E-state index is 12.7. The molecule has 2 aromatic carbocycles. The molecule has 0 aromatic heterocycles. The average Bonchev–Trinajstić information content (AvgIpc) is 3.10. The molecule has 0 aliphatic carbocycles. The molecule has 1 fully saturated rings. The topological polar surface area (TPSA) is 75.7 Å². The lowest BCUT2D eigenvalue weighted by Gasteiger charge is -2.22. The van der Waals surface area contributed by atoms with Crippen LogP contribution in [0.3, 0.4) is 0 Å². The molecule has 2 aromatic rings. The summed E-state index contributed by atoms with van der Waals surface area (Å²) >= 11 is 0. The van der Waals surface area contributed by atoms with Gasteiger partial charge >= 0.3 is 0 Å². The van der Waals surface area contributed by atoms with Crippen LogP contribution in [0.15, 0.2) is 47.4 Å². The molecule has 1 aliphatic heterocycles. The largest absolute Gasteiger partial charge is 0.492 e. The second-order valence-electron chi connectivity index (χ2n) is 8.59. The van der Waals surface area contributed by atoms with Crippen molar-refractivity contribution < 1.29 is 17.9 Å². The van der Waals surface area contributed by atoms with E-state index in [4.69, 9.17) is 4.74 Å². The number of para-hydroxylation sites is 1. The molecule has 0 bridgehead atoms. The highest BCUT2D eigenvalue weighted by atomic mass is 32.2. The monoisotopic (exact) mass is 430 g/mol. The fourth-order valence-corrected chi connectivity index (χ4v) is 4.73. The zero-order valence-electron chi connectivity index (χ0n) is 18.1. The molecule has 0 unspecified atom stereocenters. The van der Waals surface area contributed by atoms with E-state index in [0.717, 1.165) is 29.0 Å². The minimum Gasteiger partial charge on any atom is -0.492 e. The standard InChI is InChI=1S/C23H30N2O4S/c1-17-16-18(11-12-20(17)25-14-7-10-22(25)26)30(27,28)24-13-15-29-21-9-6-5-8-19(21)23(2,3)4/h5-6,8-9,11-12,16,24H,7,10,13-15H2,1-4H3. The van der Waals surface area contributed by atoms with Gasteiger partial charge < -0.3 is 9.64 Å². The number of sulfonamides is 1. The van der Waals surface area contributed by atoms with Crippen LogP contribution >= 0.6 is 0 Å². The maximum absolute atomic E-state index is 12.7. The summed E-state index contributed by atoms with van der Waals surface area (Å²) in [6.45, 7) is 9.22. The Balaban J connectivity index is 1.62. The van der Waals surface area contributed by atoms with Gasteiger partial charge in [0.1, 0.15) is 12.4 Å². The third kappa shape index (κ3) is 5.02. The minimum absolute atomic E-state index is 0.0634. The van der Waals surface area contributed by atoms with Crippen molar-refractivity contribution in [3.05, 3.63) is 53.6 Å². The summed E-state index contributed by atoms with van der Waals surface area (Å²) in [6.07, 6.45) is 1.37. The van der Waals surface area contributed by atoms with Crippen molar-refractivity contribution in [2.24, 2.45) is 0 Å². The first kappa shape index (κ1) is 22.3. The van der Waals surface area contributed by atoms with Crippen molar-refractivity contribution in [3.63, 3.8) is 0 Å². The number of carbonyl (C=O) groups is 1. The Labute approximate surface area is 179 Å². The first-order chi connectivity index (χ1) is 14.1. The number of nitrogens with one attached hydrogen (secondary N) is 1. The van der Waals surface area contributed by atoms with E-state index in [9.17, 15) is 13.2 Å². The Hall–Kier alpha value is -2.38. The lowest BCUT2D eigenvalue weighted by Crippen LogP contribution is -2.29. The number of aryl methyl sites for hydroxylation is 1. The summed E-state index contributed by atoms with van der Waals surface area (Å²) in [6, 6.07) is 12.7. The molecule has 162 valence electrons. The third-order valence-electron chi connectivity index (χ3n) is 5.19. The molecule has 0 spiro atoms. The fourth-order valence-electron chi connectivity index (χ4n) is 3.63. The maximum Gasteiger partial charge on any atom is 0.240 e. The molecule has 0 radical (unpaired) electrons. The van der Waals surface area contributed by atoms with Crippen LogP contribution in [0.4, 0.5) is 5.69 Å². The van der Waals surface area contributed by atoms with E-state index in [1.807, 2.05) is 31.2 Å². The summed E-state index contributed by atoms with van der Waals surface area (Å²) in [4.78, 5) is 13.9. The summed E-state index contributed by atoms with van der Waals surface area (Å²) in [5.41, 5.74) is 2.56. The number of anilines is 1. The van der Waals surface area contributed by atoms with Gasteiger partial charge in [-0.3, -0.25) is 4.79 Å². The van der Waals surface area contributed by atoms with Gasteiger partial charge in [-0.1, -0.05) is 39.0 Å². The zero-order valence-corrected chi connectivity index (χ0v) is 18.9. The molecule has 30 heavy (non-hydrogen) atoms. The van der Waals surface area contributed by atoms with Gasteiger partial charge in [0.25, 0.3) is 0 Å². The Morgan fingerprint density at radius 1 is 1.13 bits per heavy atom. The number of carbonyl (C=O) groups excluding carboxylic acids is 1. The predicted molar refractivity (Wildman–Crippen MR) is 119 cm³/mol. The average molecular weight is 431 g/mol. The van der Waals surface area contributed by atoms with Gasteiger partial charge in [0.15, 0.2) is 0 Å². The van der Waals surface area contributed by atoms with Crippen molar-refractivity contribution in [2.45, 2.75) is 50.8 Å². The Kier molecular flexibility index (Phi) is 6.53. The Morgan fingerprint density at radius 3 is 2.50 bits per heavy atom. The van der Waals surface area contributed by atoms with E-state index in [2.05, 4.69) is 25.5 Å². The Bertz CT molecular complexity index is 1030. The number of hydrogen-bond donors (Lipinski definition) is 1. The Morgan fingerprint density at radius 2 is 1.87 bits per heavy atom. The second-order valence-corrected chi connectivity index (χ2v) is 10.4. The molecule has 0 atom stereocenters. The van der Waals surface area contributed by atoms with E-state index >= 15 is 0 Å². The van der Waals surface area contributed by atoms with E-state index in [0.29, 0.717) is 13.0 Å². The van der Waals surface area contributed by atoms with Crippen LogP contribution in [0.2, 0.25) is 0 Å². The van der Waals surface area contributed by atoms with E-state index in [1.54, 1.807) is 23.1 Å². The molecule has 1 saturated heterocycles. The molecule has 7 heteroatoms. The van der Waals surface area contributed by atoms with Gasteiger partial charge in [-0.2, -0.15) is 0 Å². The molecular formula is C23H30N2O4S. The molecule has 1 heterocycles. The lowest BCUT2D eigenvalue weighted by atomic mass is 9.86. The van der Waals surface area contributed by atoms with Crippen molar-refractivity contribution >= 4 is 21.6 Å². The number of ether oxygens (including phenoxy) is 1. The molecule has 1 amide bonds. The van der Waals surface area contributed by atoms with Crippen LogP contribution in [0.25, 0.3) is 0 Å². The van der Waals surface area contributed by atoms with Crippen molar-refractivity contribution in [1.82, 2.24) is 4.72 Å². The number of hydrogen-bond acceptors (Lipinski definition) is 4. The van der Waals surface area contributed by atoms with Crippen LogP contribution in [-0.2, 0) is 20.2 Å². The normalized spacial score (nSPS) is 14.9. The van der Waals surface area contributed by atoms with Crippen molar-refractivity contribution in [2.75, 3.05) is 24.6 Å². The molecular weight excluding hydrogens is 400 g/mol. The van der Waals surface area contributed by atoms with Gasteiger partial charge in [0, 0.05) is 25.2 Å². The highest BCUT2D eigenvalue weighted by Gasteiger charge is 2.24. The molecule has 3 rings (SSSR count). The van der Waals surface area contributed by atoms with Crippen LogP contribution in [-0.4, -0.2) is 34.0 Å². The number of benzene rings is 2. The highest BCUT2D eigenvalue weighted by Crippen LogP contribution is 2.31. The quantitative estimate of drug-likeness (QED) is 0.679. The van der Waals surface area contributed by atoms with Crippen LogP contribution in [0.1, 0.15) is 44.7 Å².